The summed E-state index contributed by atoms with van der Waals surface area (Å²) in [5.74, 6) is 0.996. The van der Waals surface area contributed by atoms with E-state index in [4.69, 9.17) is 4.74 Å². The normalized spacial score (nSPS) is 11.1. The van der Waals surface area contributed by atoms with Crippen LogP contribution in [0, 0.1) is 13.8 Å². The van der Waals surface area contributed by atoms with Crippen LogP contribution >= 0.6 is 11.3 Å². The molecule has 0 aliphatic rings. The third kappa shape index (κ3) is 4.54. The van der Waals surface area contributed by atoms with Crippen molar-refractivity contribution < 1.29 is 14.6 Å². The maximum absolute atomic E-state index is 13.6. The van der Waals surface area contributed by atoms with Gasteiger partial charge in [-0.15, -0.1) is 11.3 Å². The second kappa shape index (κ2) is 9.55. The molecule has 3 aromatic carbocycles. The van der Waals surface area contributed by atoms with E-state index in [1.54, 1.807) is 12.1 Å². The van der Waals surface area contributed by atoms with Gasteiger partial charge in [-0.3, -0.25) is 4.79 Å². The van der Waals surface area contributed by atoms with Gasteiger partial charge in [0.05, 0.1) is 4.88 Å². The molecular weight excluding hydrogens is 418 g/mol. The van der Waals surface area contributed by atoms with Crippen LogP contribution < -0.4 is 10.1 Å². The van der Waals surface area contributed by atoms with Crippen molar-refractivity contribution in [1.29, 1.82) is 0 Å². The lowest BCUT2D eigenvalue weighted by molar-refractivity contribution is 0.104. The second-order valence-electron chi connectivity index (χ2n) is 7.86. The molecule has 0 radical (unpaired) electrons. The Hall–Kier alpha value is -3.15. The van der Waals surface area contributed by atoms with Gasteiger partial charge in [0, 0.05) is 27.8 Å². The number of phenols is 1. The first-order valence-electron chi connectivity index (χ1n) is 10.8. The first-order chi connectivity index (χ1) is 15.5. The number of ether oxygens (including phenoxy) is 1. The summed E-state index contributed by atoms with van der Waals surface area (Å²) in [6, 6.07) is 19.1. The third-order valence-corrected chi connectivity index (χ3v) is 6.60. The molecule has 0 amide bonds. The van der Waals surface area contributed by atoms with E-state index in [2.05, 4.69) is 12.2 Å². The highest BCUT2D eigenvalue weighted by Gasteiger charge is 2.22. The molecule has 0 bridgehead atoms. The number of aromatic hydroxyl groups is 1. The van der Waals surface area contributed by atoms with Gasteiger partial charge in [0.1, 0.15) is 18.1 Å². The van der Waals surface area contributed by atoms with Gasteiger partial charge in [0.25, 0.3) is 0 Å². The van der Waals surface area contributed by atoms with Crippen molar-refractivity contribution in [1.82, 2.24) is 5.32 Å². The molecule has 0 spiro atoms. The number of thiophene rings is 1. The lowest BCUT2D eigenvalue weighted by Crippen LogP contribution is -2.20. The Morgan fingerprint density at radius 2 is 1.81 bits per heavy atom. The average molecular weight is 446 g/mol. The maximum atomic E-state index is 13.6. The van der Waals surface area contributed by atoms with Crippen molar-refractivity contribution in [2.45, 2.75) is 20.8 Å². The topological polar surface area (TPSA) is 58.6 Å². The van der Waals surface area contributed by atoms with E-state index in [0.717, 1.165) is 51.2 Å². The van der Waals surface area contributed by atoms with Crippen LogP contribution in [0.3, 0.4) is 0 Å². The minimum Gasteiger partial charge on any atom is -0.508 e. The molecule has 4 aromatic rings. The minimum absolute atomic E-state index is 0.00385. The Balaban J connectivity index is 1.75. The van der Waals surface area contributed by atoms with Crippen LogP contribution in [0.2, 0.25) is 0 Å². The molecule has 0 saturated heterocycles. The summed E-state index contributed by atoms with van der Waals surface area (Å²) in [4.78, 5) is 14.3. The highest BCUT2D eigenvalue weighted by Crippen LogP contribution is 2.41. The number of likely N-dealkylation sites (N-methyl/N-ethyl adjacent to an activating group) is 1. The summed E-state index contributed by atoms with van der Waals surface area (Å²) in [6.45, 7) is 8.38. The number of carbonyl (C=O) groups excluding carboxylic acids is 1. The Labute approximate surface area is 192 Å². The predicted molar refractivity (Wildman–Crippen MR) is 132 cm³/mol. The van der Waals surface area contributed by atoms with Crippen molar-refractivity contribution in [3.8, 4) is 22.6 Å². The Morgan fingerprint density at radius 1 is 1.03 bits per heavy atom. The molecule has 4 nitrogen and oxygen atoms in total. The number of ketones is 1. The molecule has 0 atom stereocenters. The minimum atomic E-state index is 0.00385. The number of hydrogen-bond donors (Lipinski definition) is 2. The SMILES string of the molecule is CCNCCOc1ccc(-c2c(C(=O)c3ccc(C)cc3C)sc3cc(O)ccc23)cc1. The lowest BCUT2D eigenvalue weighted by atomic mass is 9.95. The third-order valence-electron chi connectivity index (χ3n) is 5.45. The molecule has 32 heavy (non-hydrogen) atoms. The molecule has 4 rings (SSSR count). The number of aryl methyl sites for hydroxylation is 2. The monoisotopic (exact) mass is 445 g/mol. The molecule has 1 heterocycles. The summed E-state index contributed by atoms with van der Waals surface area (Å²) in [5, 5.41) is 14.2. The summed E-state index contributed by atoms with van der Waals surface area (Å²) in [7, 11) is 0. The molecule has 0 fully saturated rings. The molecule has 0 aliphatic heterocycles. The number of nitrogens with one attached hydrogen (secondary N) is 1. The summed E-state index contributed by atoms with van der Waals surface area (Å²) >= 11 is 1.42. The fraction of sp³-hybridized carbons (Fsp3) is 0.222. The van der Waals surface area contributed by atoms with Crippen molar-refractivity contribution in [3.63, 3.8) is 0 Å². The first-order valence-corrected chi connectivity index (χ1v) is 11.6. The van der Waals surface area contributed by atoms with Gasteiger partial charge >= 0.3 is 0 Å². The van der Waals surface area contributed by atoms with Gasteiger partial charge in [0.2, 0.25) is 5.78 Å². The zero-order valence-electron chi connectivity index (χ0n) is 18.6. The first kappa shape index (κ1) is 22.1. The summed E-state index contributed by atoms with van der Waals surface area (Å²) in [6.07, 6.45) is 0. The standard InChI is InChI=1S/C27H27NO3S/c1-4-28-13-14-31-21-9-6-19(7-10-21)25-23-12-8-20(29)16-24(23)32-27(25)26(30)22-11-5-17(2)15-18(22)3/h5-12,15-16,28-29H,4,13-14H2,1-3H3. The quantitative estimate of drug-likeness (QED) is 0.254. The Bertz CT molecular complexity index is 1260. The molecule has 2 N–H and O–H groups in total. The molecule has 0 saturated carbocycles. The van der Waals surface area contributed by atoms with Gasteiger partial charge in [-0.05, 0) is 61.9 Å². The molecular formula is C27H27NO3S. The number of rotatable bonds is 8. The lowest BCUT2D eigenvalue weighted by Gasteiger charge is -2.10. The van der Waals surface area contributed by atoms with Crippen molar-refractivity contribution in [2.75, 3.05) is 19.7 Å². The Morgan fingerprint density at radius 3 is 2.53 bits per heavy atom. The molecule has 1 aromatic heterocycles. The van der Waals surface area contributed by atoms with Gasteiger partial charge in [0.15, 0.2) is 0 Å². The highest BCUT2D eigenvalue weighted by molar-refractivity contribution is 7.21. The van der Waals surface area contributed by atoms with Crippen LogP contribution in [-0.2, 0) is 0 Å². The average Bonchev–Trinajstić information content (AvgIpc) is 3.15. The van der Waals surface area contributed by atoms with Crippen LogP contribution in [0.4, 0.5) is 0 Å². The van der Waals surface area contributed by atoms with Gasteiger partial charge in [-0.2, -0.15) is 0 Å². The van der Waals surface area contributed by atoms with E-state index in [1.807, 2.05) is 62.4 Å². The van der Waals surface area contributed by atoms with Gasteiger partial charge in [-0.1, -0.05) is 42.8 Å². The molecule has 0 aliphatic carbocycles. The molecule has 164 valence electrons. The number of carbonyl (C=O) groups is 1. The van der Waals surface area contributed by atoms with Gasteiger partial charge < -0.3 is 15.2 Å². The van der Waals surface area contributed by atoms with Crippen molar-refractivity contribution in [2.24, 2.45) is 0 Å². The van der Waals surface area contributed by atoms with Crippen LogP contribution in [-0.4, -0.2) is 30.6 Å². The van der Waals surface area contributed by atoms with Crippen LogP contribution in [0.25, 0.3) is 21.2 Å². The van der Waals surface area contributed by atoms with E-state index in [0.29, 0.717) is 17.0 Å². The zero-order chi connectivity index (χ0) is 22.7. The molecule has 0 unspecified atom stereocenters. The summed E-state index contributed by atoms with van der Waals surface area (Å²) < 4.78 is 6.69. The largest absolute Gasteiger partial charge is 0.508 e. The number of hydrogen-bond acceptors (Lipinski definition) is 5. The van der Waals surface area contributed by atoms with Crippen LogP contribution in [0.1, 0.15) is 33.3 Å². The van der Waals surface area contributed by atoms with Crippen molar-refractivity contribution in [3.05, 3.63) is 82.2 Å². The van der Waals surface area contributed by atoms with E-state index >= 15 is 0 Å². The molecule has 5 heteroatoms. The number of phenolic OH excluding ortho intramolecular Hbond substituents is 1. The van der Waals surface area contributed by atoms with E-state index in [-0.39, 0.29) is 11.5 Å². The fourth-order valence-electron chi connectivity index (χ4n) is 3.86. The zero-order valence-corrected chi connectivity index (χ0v) is 19.4. The van der Waals surface area contributed by atoms with Crippen LogP contribution in [0.5, 0.6) is 11.5 Å². The van der Waals surface area contributed by atoms with E-state index in [1.165, 1.54) is 11.3 Å². The fourth-order valence-corrected chi connectivity index (χ4v) is 5.07. The smallest absolute Gasteiger partial charge is 0.203 e. The highest BCUT2D eigenvalue weighted by atomic mass is 32.1. The van der Waals surface area contributed by atoms with E-state index in [9.17, 15) is 9.90 Å². The summed E-state index contributed by atoms with van der Waals surface area (Å²) in [5.41, 5.74) is 4.65. The second-order valence-corrected chi connectivity index (χ2v) is 8.91. The van der Waals surface area contributed by atoms with Crippen molar-refractivity contribution >= 4 is 27.2 Å². The number of benzene rings is 3. The Kier molecular flexibility index (Phi) is 6.58. The van der Waals surface area contributed by atoms with E-state index < -0.39 is 0 Å². The van der Waals surface area contributed by atoms with Gasteiger partial charge in [-0.25, -0.2) is 0 Å². The maximum Gasteiger partial charge on any atom is 0.203 e. The van der Waals surface area contributed by atoms with Crippen LogP contribution in [0.15, 0.2) is 60.7 Å². The predicted octanol–water partition coefficient (Wildman–Crippen LogP) is 6.11. The number of fused-ring (bicyclic) bond motifs is 1.